The quantitative estimate of drug-likeness (QED) is 0.633. The summed E-state index contributed by atoms with van der Waals surface area (Å²) in [6.07, 6.45) is 3.25. The van der Waals surface area contributed by atoms with Crippen molar-refractivity contribution in [1.82, 2.24) is 9.47 Å². The number of rotatable bonds is 4. The van der Waals surface area contributed by atoms with Crippen molar-refractivity contribution < 1.29 is 14.3 Å². The molecular weight excluding hydrogens is 292 g/mol. The zero-order valence-electron chi connectivity index (χ0n) is 14.7. The van der Waals surface area contributed by atoms with Gasteiger partial charge in [-0.05, 0) is 24.8 Å². The predicted octanol–water partition coefficient (Wildman–Crippen LogP) is 3.03. The zero-order chi connectivity index (χ0) is 17.4. The van der Waals surface area contributed by atoms with E-state index < -0.39 is 0 Å². The molecule has 1 aliphatic rings. The van der Waals surface area contributed by atoms with Gasteiger partial charge in [-0.25, -0.2) is 4.79 Å². The van der Waals surface area contributed by atoms with Gasteiger partial charge in [-0.1, -0.05) is 26.8 Å². The van der Waals surface area contributed by atoms with Crippen molar-refractivity contribution in [2.45, 2.75) is 47.3 Å². The average Bonchev–Trinajstić information content (AvgIpc) is 2.79. The highest BCUT2D eigenvalue weighted by Crippen LogP contribution is 2.26. The molecule has 5 nitrogen and oxygen atoms in total. The van der Waals surface area contributed by atoms with E-state index in [0.29, 0.717) is 36.5 Å². The number of hydrogen-bond donors (Lipinski definition) is 0. The normalized spacial score (nSPS) is 16.0. The van der Waals surface area contributed by atoms with Crippen LogP contribution in [0.1, 0.15) is 54.1 Å². The van der Waals surface area contributed by atoms with Crippen LogP contribution >= 0.6 is 0 Å². The highest BCUT2D eigenvalue weighted by molar-refractivity contribution is 6.00. The number of fused-ring (bicyclic) bond motifs is 1. The van der Waals surface area contributed by atoms with Gasteiger partial charge in [0.1, 0.15) is 11.8 Å². The van der Waals surface area contributed by atoms with Gasteiger partial charge in [0, 0.05) is 25.8 Å². The summed E-state index contributed by atoms with van der Waals surface area (Å²) in [7, 11) is 0. The Hall–Kier alpha value is -2.04. The fourth-order valence-electron chi connectivity index (χ4n) is 2.54. The van der Waals surface area contributed by atoms with E-state index >= 15 is 0 Å². The molecule has 0 N–H and O–H groups in total. The minimum Gasteiger partial charge on any atom is -0.458 e. The maximum Gasteiger partial charge on any atom is 0.340 e. The molecule has 0 saturated carbocycles. The van der Waals surface area contributed by atoms with Gasteiger partial charge in [0.25, 0.3) is 5.91 Å². The van der Waals surface area contributed by atoms with E-state index in [4.69, 9.17) is 4.74 Å². The average molecular weight is 318 g/mol. The molecule has 1 aromatic heterocycles. The first-order valence-electron chi connectivity index (χ1n) is 7.97. The maximum atomic E-state index is 12.6. The van der Waals surface area contributed by atoms with E-state index in [1.807, 2.05) is 32.3 Å². The Bertz CT molecular complexity index is 637. The van der Waals surface area contributed by atoms with Crippen LogP contribution < -0.4 is 0 Å². The van der Waals surface area contributed by atoms with Crippen molar-refractivity contribution in [2.75, 3.05) is 13.1 Å². The van der Waals surface area contributed by atoms with Gasteiger partial charge in [-0.3, -0.25) is 4.79 Å². The Morgan fingerprint density at radius 2 is 2.09 bits per heavy atom. The minimum absolute atomic E-state index is 0.0587. The van der Waals surface area contributed by atoms with E-state index in [2.05, 4.69) is 6.58 Å². The standard InChI is InChI=1S/C18H26N2O3/c1-7-8-19-9-10-20-11-14(12(2)15(20)16(19)21)17(22)23-13(3)18(4,5)6/h7,11,13H,1,8-10H2,2-6H3. The molecule has 1 aliphatic heterocycles. The third-order valence-corrected chi connectivity index (χ3v) is 4.50. The monoisotopic (exact) mass is 318 g/mol. The molecule has 0 radical (unpaired) electrons. The van der Waals surface area contributed by atoms with Crippen molar-refractivity contribution in [3.8, 4) is 0 Å². The van der Waals surface area contributed by atoms with Crippen molar-refractivity contribution >= 4 is 11.9 Å². The molecule has 0 aromatic carbocycles. The fraction of sp³-hybridized carbons (Fsp3) is 0.556. The topological polar surface area (TPSA) is 51.5 Å². The maximum absolute atomic E-state index is 12.6. The summed E-state index contributed by atoms with van der Waals surface area (Å²) in [5.74, 6) is -0.425. The Morgan fingerprint density at radius 1 is 1.43 bits per heavy atom. The summed E-state index contributed by atoms with van der Waals surface area (Å²) in [5, 5.41) is 0. The molecule has 0 spiro atoms. The van der Waals surface area contributed by atoms with Crippen LogP contribution in [0, 0.1) is 12.3 Å². The number of amides is 1. The van der Waals surface area contributed by atoms with Crippen molar-refractivity contribution in [2.24, 2.45) is 5.41 Å². The Labute approximate surface area is 137 Å². The lowest BCUT2D eigenvalue weighted by atomic mass is 9.90. The lowest BCUT2D eigenvalue weighted by Gasteiger charge is -2.27. The molecule has 2 rings (SSSR count). The van der Waals surface area contributed by atoms with Crippen molar-refractivity contribution in [3.05, 3.63) is 35.7 Å². The van der Waals surface area contributed by atoms with Crippen LogP contribution in [0.4, 0.5) is 0 Å². The number of nitrogens with zero attached hydrogens (tertiary/aromatic N) is 2. The second-order valence-electron chi connectivity index (χ2n) is 7.16. The molecule has 1 unspecified atom stereocenters. The van der Waals surface area contributed by atoms with E-state index in [0.717, 1.165) is 0 Å². The molecule has 0 aliphatic carbocycles. The smallest absolute Gasteiger partial charge is 0.340 e. The molecule has 1 atom stereocenters. The first kappa shape index (κ1) is 17.3. The molecule has 2 heterocycles. The second kappa shape index (κ2) is 6.22. The summed E-state index contributed by atoms with van der Waals surface area (Å²) in [4.78, 5) is 26.8. The van der Waals surface area contributed by atoms with Crippen LogP contribution in [-0.2, 0) is 11.3 Å². The Balaban J connectivity index is 2.27. The van der Waals surface area contributed by atoms with E-state index in [1.54, 1.807) is 24.1 Å². The third kappa shape index (κ3) is 3.33. The number of carbonyl (C=O) groups is 2. The van der Waals surface area contributed by atoms with E-state index in [9.17, 15) is 9.59 Å². The summed E-state index contributed by atoms with van der Waals surface area (Å²) >= 11 is 0. The second-order valence-corrected chi connectivity index (χ2v) is 7.16. The molecule has 0 bridgehead atoms. The van der Waals surface area contributed by atoms with Gasteiger partial charge in [0.15, 0.2) is 0 Å². The first-order chi connectivity index (χ1) is 10.7. The van der Waals surface area contributed by atoms with Gasteiger partial charge >= 0.3 is 5.97 Å². The molecule has 23 heavy (non-hydrogen) atoms. The van der Waals surface area contributed by atoms with Crippen LogP contribution in [0.5, 0.6) is 0 Å². The first-order valence-corrected chi connectivity index (χ1v) is 7.97. The fourth-order valence-corrected chi connectivity index (χ4v) is 2.54. The largest absolute Gasteiger partial charge is 0.458 e. The number of esters is 1. The molecule has 5 heteroatoms. The van der Waals surface area contributed by atoms with Gasteiger partial charge in [-0.15, -0.1) is 6.58 Å². The Kier molecular flexibility index (Phi) is 4.68. The van der Waals surface area contributed by atoms with Crippen LogP contribution in [0.15, 0.2) is 18.9 Å². The highest BCUT2D eigenvalue weighted by atomic mass is 16.5. The molecule has 0 fully saturated rings. The summed E-state index contributed by atoms with van der Waals surface area (Å²) < 4.78 is 7.43. The van der Waals surface area contributed by atoms with Crippen molar-refractivity contribution in [1.29, 1.82) is 0 Å². The molecule has 1 aromatic rings. The van der Waals surface area contributed by atoms with E-state index in [1.165, 1.54) is 0 Å². The predicted molar refractivity (Wildman–Crippen MR) is 89.6 cm³/mol. The molecule has 1 amide bonds. The number of ether oxygens (including phenoxy) is 1. The highest BCUT2D eigenvalue weighted by Gasteiger charge is 2.31. The molecule has 0 saturated heterocycles. The van der Waals surface area contributed by atoms with Gasteiger partial charge < -0.3 is 14.2 Å². The Morgan fingerprint density at radius 3 is 2.65 bits per heavy atom. The van der Waals surface area contributed by atoms with Gasteiger partial charge in [-0.2, -0.15) is 0 Å². The van der Waals surface area contributed by atoms with Crippen molar-refractivity contribution in [3.63, 3.8) is 0 Å². The lowest BCUT2D eigenvalue weighted by Crippen LogP contribution is -2.40. The number of carbonyl (C=O) groups excluding carboxylic acids is 2. The molecular formula is C18H26N2O3. The third-order valence-electron chi connectivity index (χ3n) is 4.50. The van der Waals surface area contributed by atoms with Crippen LogP contribution in [0.2, 0.25) is 0 Å². The van der Waals surface area contributed by atoms with E-state index in [-0.39, 0.29) is 23.4 Å². The van der Waals surface area contributed by atoms with Crippen LogP contribution in [0.25, 0.3) is 0 Å². The van der Waals surface area contributed by atoms with Crippen LogP contribution in [-0.4, -0.2) is 40.5 Å². The molecule has 126 valence electrons. The number of aromatic nitrogens is 1. The summed E-state index contributed by atoms with van der Waals surface area (Å²) in [6.45, 7) is 15.3. The van der Waals surface area contributed by atoms with Crippen LogP contribution in [0.3, 0.4) is 0 Å². The lowest BCUT2D eigenvalue weighted by molar-refractivity contribution is 0.00472. The SMILES string of the molecule is C=CCN1CCn2cc(C(=O)OC(C)C(C)(C)C)c(C)c2C1=O. The van der Waals surface area contributed by atoms with Gasteiger partial charge in [0.05, 0.1) is 5.56 Å². The number of hydrogen-bond acceptors (Lipinski definition) is 3. The summed E-state index contributed by atoms with van der Waals surface area (Å²) in [6, 6.07) is 0. The zero-order valence-corrected chi connectivity index (χ0v) is 14.7. The summed E-state index contributed by atoms with van der Waals surface area (Å²) in [5.41, 5.74) is 1.62. The minimum atomic E-state index is -0.366. The van der Waals surface area contributed by atoms with Gasteiger partial charge in [0.2, 0.25) is 0 Å².